The van der Waals surface area contributed by atoms with Crippen molar-refractivity contribution < 1.29 is 9.59 Å². The number of hydrogen-bond donors (Lipinski definition) is 1. The lowest BCUT2D eigenvalue weighted by Gasteiger charge is -2.24. The number of likely N-dealkylation sites (tertiary alicyclic amines) is 1. The molecule has 1 aliphatic heterocycles. The zero-order valence-electron chi connectivity index (χ0n) is 7.30. The van der Waals surface area contributed by atoms with Gasteiger partial charge >= 0.3 is 0 Å². The molecule has 4 heteroatoms. The van der Waals surface area contributed by atoms with Crippen LogP contribution in [0.4, 0.5) is 0 Å². The summed E-state index contributed by atoms with van der Waals surface area (Å²) < 4.78 is 0. The van der Waals surface area contributed by atoms with E-state index >= 15 is 0 Å². The van der Waals surface area contributed by atoms with E-state index < -0.39 is 0 Å². The summed E-state index contributed by atoms with van der Waals surface area (Å²) in [5.41, 5.74) is 0. The number of piperidine rings is 1. The Hall–Kier alpha value is -0.900. The zero-order chi connectivity index (χ0) is 8.97. The van der Waals surface area contributed by atoms with Gasteiger partial charge in [0, 0.05) is 25.9 Å². The Morgan fingerprint density at radius 1 is 1.33 bits per heavy atom. The van der Waals surface area contributed by atoms with Crippen LogP contribution in [0.3, 0.4) is 0 Å². The predicted molar refractivity (Wildman–Crippen MR) is 44.5 cm³/mol. The number of hydrogen-bond acceptors (Lipinski definition) is 3. The lowest BCUT2D eigenvalue weighted by molar-refractivity contribution is -0.147. The molecule has 1 heterocycles. The van der Waals surface area contributed by atoms with Crippen molar-refractivity contribution in [3.63, 3.8) is 0 Å². The highest BCUT2D eigenvalue weighted by Crippen LogP contribution is 2.10. The molecule has 1 aliphatic rings. The molecule has 0 radical (unpaired) electrons. The number of nitrogens with zero attached hydrogens (tertiary/aromatic N) is 1. The Morgan fingerprint density at radius 2 is 1.92 bits per heavy atom. The van der Waals surface area contributed by atoms with Gasteiger partial charge in [-0.15, -0.1) is 0 Å². The minimum absolute atomic E-state index is 0.0264. The third kappa shape index (κ3) is 2.04. The maximum absolute atomic E-state index is 11.2. The fraction of sp³-hybridized carbons (Fsp3) is 0.750. The van der Waals surface area contributed by atoms with Crippen LogP contribution in [0.5, 0.6) is 0 Å². The average Bonchev–Trinajstić information content (AvgIpc) is 2.04. The first-order valence-corrected chi connectivity index (χ1v) is 4.23. The van der Waals surface area contributed by atoms with Gasteiger partial charge in [-0.2, -0.15) is 0 Å². The molecule has 0 aromatic carbocycles. The average molecular weight is 170 g/mol. The third-order valence-corrected chi connectivity index (χ3v) is 1.97. The van der Waals surface area contributed by atoms with Crippen LogP contribution in [0.2, 0.25) is 0 Å². The van der Waals surface area contributed by atoms with Crippen molar-refractivity contribution in [2.75, 3.05) is 20.1 Å². The summed E-state index contributed by atoms with van der Waals surface area (Å²) in [7, 11) is 1.80. The molecule has 4 nitrogen and oxygen atoms in total. The first-order valence-electron chi connectivity index (χ1n) is 4.23. The molecular formula is C8H14N2O2. The first-order chi connectivity index (χ1) is 5.75. The lowest BCUT2D eigenvalue weighted by atomic mass is 10.1. The molecule has 1 fully saturated rings. The van der Waals surface area contributed by atoms with E-state index in [4.69, 9.17) is 0 Å². The first kappa shape index (κ1) is 9.19. The van der Waals surface area contributed by atoms with Crippen LogP contribution < -0.4 is 5.32 Å². The SMILES string of the molecule is CNCCN1C(=O)CCCC1=O. The van der Waals surface area contributed by atoms with Gasteiger partial charge in [0.1, 0.15) is 0 Å². The Morgan fingerprint density at radius 3 is 2.42 bits per heavy atom. The molecule has 0 unspecified atom stereocenters. The summed E-state index contributed by atoms with van der Waals surface area (Å²) in [6.07, 6.45) is 1.76. The van der Waals surface area contributed by atoms with Gasteiger partial charge in [0.05, 0.1) is 0 Å². The number of rotatable bonds is 3. The molecule has 68 valence electrons. The Balaban J connectivity index is 2.45. The molecule has 0 aromatic rings. The smallest absolute Gasteiger partial charge is 0.229 e. The van der Waals surface area contributed by atoms with Crippen molar-refractivity contribution in [3.05, 3.63) is 0 Å². The van der Waals surface area contributed by atoms with Crippen molar-refractivity contribution >= 4 is 11.8 Å². The van der Waals surface area contributed by atoms with Crippen LogP contribution in [0, 0.1) is 0 Å². The minimum Gasteiger partial charge on any atom is -0.318 e. The van der Waals surface area contributed by atoms with Crippen LogP contribution in [0.25, 0.3) is 0 Å². The van der Waals surface area contributed by atoms with Crippen LogP contribution in [0.1, 0.15) is 19.3 Å². The van der Waals surface area contributed by atoms with E-state index in [0.717, 1.165) is 0 Å². The van der Waals surface area contributed by atoms with Gasteiger partial charge in [0.15, 0.2) is 0 Å². The summed E-state index contributed by atoms with van der Waals surface area (Å²) in [6.45, 7) is 1.19. The Kier molecular flexibility index (Phi) is 3.22. The highest BCUT2D eigenvalue weighted by atomic mass is 16.2. The highest BCUT2D eigenvalue weighted by Gasteiger charge is 2.24. The van der Waals surface area contributed by atoms with Crippen molar-refractivity contribution in [1.82, 2.24) is 10.2 Å². The molecule has 1 saturated heterocycles. The van der Waals surface area contributed by atoms with Gasteiger partial charge < -0.3 is 5.32 Å². The maximum atomic E-state index is 11.2. The van der Waals surface area contributed by atoms with E-state index in [2.05, 4.69) is 5.32 Å². The van der Waals surface area contributed by atoms with E-state index in [9.17, 15) is 9.59 Å². The summed E-state index contributed by atoms with van der Waals surface area (Å²) >= 11 is 0. The fourth-order valence-corrected chi connectivity index (χ4v) is 1.27. The number of amides is 2. The number of carbonyl (C=O) groups excluding carboxylic acids is 2. The van der Waals surface area contributed by atoms with E-state index in [1.807, 2.05) is 0 Å². The van der Waals surface area contributed by atoms with Gasteiger partial charge in [-0.3, -0.25) is 14.5 Å². The second-order valence-electron chi connectivity index (χ2n) is 2.90. The van der Waals surface area contributed by atoms with Crippen LogP contribution in [0.15, 0.2) is 0 Å². The zero-order valence-corrected chi connectivity index (χ0v) is 7.30. The van der Waals surface area contributed by atoms with Gasteiger partial charge in [0.25, 0.3) is 0 Å². The number of likely N-dealkylation sites (N-methyl/N-ethyl adjacent to an activating group) is 1. The van der Waals surface area contributed by atoms with Crippen molar-refractivity contribution in [1.29, 1.82) is 0 Å². The molecule has 1 rings (SSSR count). The third-order valence-electron chi connectivity index (χ3n) is 1.97. The topological polar surface area (TPSA) is 49.4 Å². The minimum atomic E-state index is -0.0264. The van der Waals surface area contributed by atoms with Gasteiger partial charge in [-0.25, -0.2) is 0 Å². The quantitative estimate of drug-likeness (QED) is 0.594. The molecule has 0 saturated carbocycles. The van der Waals surface area contributed by atoms with Crippen LogP contribution >= 0.6 is 0 Å². The normalized spacial score (nSPS) is 18.6. The fourth-order valence-electron chi connectivity index (χ4n) is 1.27. The highest BCUT2D eigenvalue weighted by molar-refractivity contribution is 5.97. The van der Waals surface area contributed by atoms with E-state index in [-0.39, 0.29) is 11.8 Å². The van der Waals surface area contributed by atoms with Crippen LogP contribution in [-0.4, -0.2) is 36.9 Å². The van der Waals surface area contributed by atoms with Crippen molar-refractivity contribution in [2.45, 2.75) is 19.3 Å². The molecule has 2 amide bonds. The number of nitrogens with one attached hydrogen (secondary N) is 1. The maximum Gasteiger partial charge on any atom is 0.229 e. The second kappa shape index (κ2) is 4.21. The Labute approximate surface area is 71.9 Å². The Bertz CT molecular complexity index is 175. The molecular weight excluding hydrogens is 156 g/mol. The van der Waals surface area contributed by atoms with E-state index in [0.29, 0.717) is 32.4 Å². The second-order valence-corrected chi connectivity index (χ2v) is 2.90. The summed E-state index contributed by atoms with van der Waals surface area (Å²) in [5, 5.41) is 2.91. The number of imide groups is 1. The molecule has 0 atom stereocenters. The largest absolute Gasteiger partial charge is 0.318 e. The number of carbonyl (C=O) groups is 2. The molecule has 1 N–H and O–H groups in total. The van der Waals surface area contributed by atoms with Gasteiger partial charge in [0.2, 0.25) is 11.8 Å². The molecule has 0 spiro atoms. The van der Waals surface area contributed by atoms with Crippen molar-refractivity contribution in [3.8, 4) is 0 Å². The van der Waals surface area contributed by atoms with Crippen LogP contribution in [-0.2, 0) is 9.59 Å². The summed E-state index contributed by atoms with van der Waals surface area (Å²) in [5.74, 6) is -0.0528. The van der Waals surface area contributed by atoms with E-state index in [1.165, 1.54) is 4.90 Å². The van der Waals surface area contributed by atoms with Gasteiger partial charge in [-0.05, 0) is 13.5 Å². The van der Waals surface area contributed by atoms with E-state index in [1.54, 1.807) is 7.05 Å². The van der Waals surface area contributed by atoms with Gasteiger partial charge in [-0.1, -0.05) is 0 Å². The lowest BCUT2D eigenvalue weighted by Crippen LogP contribution is -2.43. The predicted octanol–water partition coefficient (Wildman–Crippen LogP) is -0.255. The standard InChI is InChI=1S/C8H14N2O2/c1-9-5-6-10-7(11)3-2-4-8(10)12/h9H,2-6H2,1H3. The molecule has 0 aliphatic carbocycles. The molecule has 0 aromatic heterocycles. The summed E-state index contributed by atoms with van der Waals surface area (Å²) in [6, 6.07) is 0. The monoisotopic (exact) mass is 170 g/mol. The van der Waals surface area contributed by atoms with Crippen molar-refractivity contribution in [2.24, 2.45) is 0 Å². The molecule has 0 bridgehead atoms. The summed E-state index contributed by atoms with van der Waals surface area (Å²) in [4.78, 5) is 23.7. The molecule has 12 heavy (non-hydrogen) atoms.